The lowest BCUT2D eigenvalue weighted by atomic mass is 9.72. The van der Waals surface area contributed by atoms with Crippen LogP contribution in [0.5, 0.6) is 0 Å². The topological polar surface area (TPSA) is 0 Å². The van der Waals surface area contributed by atoms with Crippen LogP contribution >= 0.6 is 0 Å². The first kappa shape index (κ1) is 10.3. The maximum absolute atomic E-state index is 4.00. The summed E-state index contributed by atoms with van der Waals surface area (Å²) in [6.07, 6.45) is 6.90. The van der Waals surface area contributed by atoms with Crippen molar-refractivity contribution in [3.63, 3.8) is 0 Å². The van der Waals surface area contributed by atoms with Crippen molar-refractivity contribution in [3.8, 4) is 0 Å². The molecule has 0 fully saturated rings. The lowest BCUT2D eigenvalue weighted by Gasteiger charge is -2.33. The van der Waals surface area contributed by atoms with E-state index in [1.165, 1.54) is 16.7 Å². The molecule has 0 heteroatoms. The van der Waals surface area contributed by atoms with E-state index in [1.54, 1.807) is 0 Å². The summed E-state index contributed by atoms with van der Waals surface area (Å²) in [6.45, 7) is 12.9. The number of allylic oxidation sites excluding steroid dienone is 5. The highest BCUT2D eigenvalue weighted by atomic mass is 14.3. The summed E-state index contributed by atoms with van der Waals surface area (Å²) in [5.74, 6) is 0. The van der Waals surface area contributed by atoms with Gasteiger partial charge in [-0.3, -0.25) is 0 Å². The molecule has 0 heterocycles. The van der Waals surface area contributed by atoms with Gasteiger partial charge in [-0.2, -0.15) is 0 Å². The summed E-state index contributed by atoms with van der Waals surface area (Å²) in [6, 6.07) is 0. The summed E-state index contributed by atoms with van der Waals surface area (Å²) in [4.78, 5) is 0. The third-order valence-corrected chi connectivity index (χ3v) is 2.96. The Balaban J connectivity index is 2.84. The molecule has 0 aromatic heterocycles. The Kier molecular flexibility index (Phi) is 2.80. The zero-order valence-corrected chi connectivity index (χ0v) is 9.28. The van der Waals surface area contributed by atoms with Gasteiger partial charge in [0.05, 0.1) is 0 Å². The maximum atomic E-state index is 4.00. The molecule has 0 bridgehead atoms. The highest BCUT2D eigenvalue weighted by Crippen LogP contribution is 2.40. The van der Waals surface area contributed by atoms with Gasteiger partial charge in [-0.15, -0.1) is 6.58 Å². The second-order valence-electron chi connectivity index (χ2n) is 4.67. The summed E-state index contributed by atoms with van der Waals surface area (Å²) in [7, 11) is 0. The molecule has 1 aliphatic rings. The van der Waals surface area contributed by atoms with Gasteiger partial charge in [0.15, 0.2) is 0 Å². The molecule has 0 N–H and O–H groups in total. The summed E-state index contributed by atoms with van der Waals surface area (Å²) >= 11 is 0. The van der Waals surface area contributed by atoms with Crippen molar-refractivity contribution in [2.75, 3.05) is 0 Å². The van der Waals surface area contributed by atoms with Crippen LogP contribution in [0.1, 0.15) is 40.5 Å². The Morgan fingerprint density at radius 3 is 2.62 bits per heavy atom. The zero-order valence-electron chi connectivity index (χ0n) is 9.28. The highest BCUT2D eigenvalue weighted by molar-refractivity contribution is 5.31. The van der Waals surface area contributed by atoms with Gasteiger partial charge in [0, 0.05) is 0 Å². The van der Waals surface area contributed by atoms with Gasteiger partial charge in [0.2, 0.25) is 0 Å². The fourth-order valence-corrected chi connectivity index (χ4v) is 2.00. The summed E-state index contributed by atoms with van der Waals surface area (Å²) < 4.78 is 0. The maximum Gasteiger partial charge on any atom is -0.00444 e. The van der Waals surface area contributed by atoms with Gasteiger partial charge in [-0.25, -0.2) is 0 Å². The minimum Gasteiger partial charge on any atom is -0.100 e. The summed E-state index contributed by atoms with van der Waals surface area (Å²) in [5, 5.41) is 0. The first-order chi connectivity index (χ1) is 5.94. The molecule has 0 radical (unpaired) electrons. The largest absolute Gasteiger partial charge is 0.100 e. The van der Waals surface area contributed by atoms with Crippen LogP contribution in [-0.4, -0.2) is 0 Å². The SMILES string of the molecule is C=C(C)CC1(C)CC=C(C)C=C1C. The van der Waals surface area contributed by atoms with E-state index in [1.807, 2.05) is 0 Å². The van der Waals surface area contributed by atoms with Crippen molar-refractivity contribution in [2.45, 2.75) is 40.5 Å². The highest BCUT2D eigenvalue weighted by Gasteiger charge is 2.27. The van der Waals surface area contributed by atoms with Crippen molar-refractivity contribution < 1.29 is 0 Å². The normalized spacial score (nSPS) is 28.0. The Hall–Kier alpha value is -0.780. The molecule has 0 nitrogen and oxygen atoms in total. The van der Waals surface area contributed by atoms with Crippen LogP contribution < -0.4 is 0 Å². The molecule has 0 amide bonds. The van der Waals surface area contributed by atoms with Crippen LogP contribution in [0.3, 0.4) is 0 Å². The van der Waals surface area contributed by atoms with E-state index in [2.05, 4.69) is 46.4 Å². The van der Waals surface area contributed by atoms with Gasteiger partial charge in [0.1, 0.15) is 0 Å². The molecule has 0 spiro atoms. The molecular weight excluding hydrogens is 156 g/mol. The third kappa shape index (κ3) is 2.33. The number of hydrogen-bond donors (Lipinski definition) is 0. The molecule has 0 saturated heterocycles. The van der Waals surface area contributed by atoms with E-state index in [9.17, 15) is 0 Å². The molecule has 1 rings (SSSR count). The molecule has 1 aliphatic carbocycles. The van der Waals surface area contributed by atoms with Crippen LogP contribution in [0.15, 0.2) is 35.5 Å². The minimum absolute atomic E-state index is 0.325. The minimum atomic E-state index is 0.325. The van der Waals surface area contributed by atoms with Crippen molar-refractivity contribution in [2.24, 2.45) is 5.41 Å². The average molecular weight is 176 g/mol. The van der Waals surface area contributed by atoms with Gasteiger partial charge in [0.25, 0.3) is 0 Å². The standard InChI is InChI=1S/C13H20/c1-10(2)9-13(5)7-6-11(3)8-12(13)4/h6,8H,1,7,9H2,2-5H3. The van der Waals surface area contributed by atoms with Crippen molar-refractivity contribution in [1.29, 1.82) is 0 Å². The predicted molar refractivity (Wildman–Crippen MR) is 59.7 cm³/mol. The van der Waals surface area contributed by atoms with Gasteiger partial charge in [-0.05, 0) is 39.0 Å². The lowest BCUT2D eigenvalue weighted by molar-refractivity contribution is 0.393. The Labute approximate surface area is 82.0 Å². The number of hydrogen-bond acceptors (Lipinski definition) is 0. The summed E-state index contributed by atoms with van der Waals surface area (Å²) in [5.41, 5.74) is 4.50. The molecule has 72 valence electrons. The fraction of sp³-hybridized carbons (Fsp3) is 0.538. The molecule has 1 unspecified atom stereocenters. The molecule has 0 aliphatic heterocycles. The molecule has 0 aromatic rings. The van der Waals surface area contributed by atoms with E-state index >= 15 is 0 Å². The molecule has 1 atom stereocenters. The predicted octanol–water partition coefficient (Wildman–Crippen LogP) is 4.26. The van der Waals surface area contributed by atoms with Crippen LogP contribution in [-0.2, 0) is 0 Å². The van der Waals surface area contributed by atoms with Crippen LogP contribution in [0, 0.1) is 5.41 Å². The Morgan fingerprint density at radius 1 is 1.54 bits per heavy atom. The zero-order chi connectivity index (χ0) is 10.1. The van der Waals surface area contributed by atoms with Gasteiger partial charge >= 0.3 is 0 Å². The molecule has 0 aromatic carbocycles. The van der Waals surface area contributed by atoms with E-state index < -0.39 is 0 Å². The van der Waals surface area contributed by atoms with Gasteiger partial charge in [-0.1, -0.05) is 35.8 Å². The van der Waals surface area contributed by atoms with E-state index in [0.29, 0.717) is 5.41 Å². The van der Waals surface area contributed by atoms with Crippen molar-refractivity contribution in [1.82, 2.24) is 0 Å². The first-order valence-electron chi connectivity index (χ1n) is 4.94. The Bertz CT molecular complexity index is 278. The molecule has 0 saturated carbocycles. The Morgan fingerprint density at radius 2 is 2.15 bits per heavy atom. The lowest BCUT2D eigenvalue weighted by Crippen LogP contribution is -2.19. The fourth-order valence-electron chi connectivity index (χ4n) is 2.00. The van der Waals surface area contributed by atoms with Crippen LogP contribution in [0.4, 0.5) is 0 Å². The smallest absolute Gasteiger partial charge is 0.00444 e. The second kappa shape index (κ2) is 3.53. The number of rotatable bonds is 2. The van der Waals surface area contributed by atoms with Crippen molar-refractivity contribution in [3.05, 3.63) is 35.5 Å². The third-order valence-electron chi connectivity index (χ3n) is 2.96. The van der Waals surface area contributed by atoms with E-state index in [4.69, 9.17) is 0 Å². The van der Waals surface area contributed by atoms with Gasteiger partial charge < -0.3 is 0 Å². The van der Waals surface area contributed by atoms with Crippen molar-refractivity contribution >= 4 is 0 Å². The molecule has 13 heavy (non-hydrogen) atoms. The van der Waals surface area contributed by atoms with Crippen LogP contribution in [0.25, 0.3) is 0 Å². The van der Waals surface area contributed by atoms with E-state index in [-0.39, 0.29) is 0 Å². The van der Waals surface area contributed by atoms with E-state index in [0.717, 1.165) is 12.8 Å². The monoisotopic (exact) mass is 176 g/mol. The quantitative estimate of drug-likeness (QED) is 0.552. The second-order valence-corrected chi connectivity index (χ2v) is 4.67. The van der Waals surface area contributed by atoms with Crippen LogP contribution in [0.2, 0.25) is 0 Å². The molecular formula is C13H20. The average Bonchev–Trinajstić information content (AvgIpc) is 1.97. The first-order valence-corrected chi connectivity index (χ1v) is 4.94.